The molecule has 3 heterocycles. The molecular weight excluding hydrogens is 348 g/mol. The predicted molar refractivity (Wildman–Crippen MR) is 81.9 cm³/mol. The Hall–Kier alpha value is -1.51. The Balaban J connectivity index is 2.03. The highest BCUT2D eigenvalue weighted by atomic mass is 79.9. The molecule has 0 saturated carbocycles. The number of rotatable bonds is 2. The van der Waals surface area contributed by atoms with E-state index in [0.717, 1.165) is 8.66 Å². The van der Waals surface area contributed by atoms with Crippen LogP contribution in [0.15, 0.2) is 26.8 Å². The standard InChI is InChI=1S/C11H7BrN4OS2/c12-7-3-1-6(19-7)2-4-8-13-9-5-10(17)15-16(9)11(18)14-8/h1-5H,(H,15,17)(H,13,14,18)/b4-2+. The van der Waals surface area contributed by atoms with Gasteiger partial charge in [0.15, 0.2) is 0 Å². The van der Waals surface area contributed by atoms with Crippen molar-refractivity contribution in [2.24, 2.45) is 0 Å². The van der Waals surface area contributed by atoms with Crippen molar-refractivity contribution < 1.29 is 0 Å². The molecule has 0 atom stereocenters. The van der Waals surface area contributed by atoms with Gasteiger partial charge < -0.3 is 4.98 Å². The molecule has 96 valence electrons. The van der Waals surface area contributed by atoms with Gasteiger partial charge in [-0.1, -0.05) is 0 Å². The van der Waals surface area contributed by atoms with Gasteiger partial charge in [-0.05, 0) is 52.4 Å². The van der Waals surface area contributed by atoms with E-state index in [2.05, 4.69) is 31.0 Å². The van der Waals surface area contributed by atoms with Crippen molar-refractivity contribution in [3.8, 4) is 0 Å². The molecule has 0 saturated heterocycles. The predicted octanol–water partition coefficient (Wildman–Crippen LogP) is 3.07. The highest BCUT2D eigenvalue weighted by Gasteiger charge is 2.00. The van der Waals surface area contributed by atoms with Crippen LogP contribution in [0.2, 0.25) is 0 Å². The summed E-state index contributed by atoms with van der Waals surface area (Å²) in [5.74, 6) is 0.605. The van der Waals surface area contributed by atoms with Gasteiger partial charge in [0.05, 0.1) is 3.79 Å². The summed E-state index contributed by atoms with van der Waals surface area (Å²) >= 11 is 10.1. The molecule has 3 aromatic heterocycles. The Labute approximate surface area is 124 Å². The average molecular weight is 355 g/mol. The number of aromatic amines is 2. The van der Waals surface area contributed by atoms with Crippen LogP contribution in [-0.4, -0.2) is 19.6 Å². The van der Waals surface area contributed by atoms with Crippen LogP contribution in [0.4, 0.5) is 0 Å². The Kier molecular flexibility index (Phi) is 3.21. The number of nitrogens with one attached hydrogen (secondary N) is 2. The summed E-state index contributed by atoms with van der Waals surface area (Å²) < 4.78 is 2.82. The number of nitrogens with zero attached hydrogens (tertiary/aromatic N) is 2. The van der Waals surface area contributed by atoms with E-state index in [0.29, 0.717) is 16.2 Å². The lowest BCUT2D eigenvalue weighted by Gasteiger charge is -1.97. The number of thiophene rings is 1. The zero-order chi connectivity index (χ0) is 13.4. The van der Waals surface area contributed by atoms with E-state index in [1.54, 1.807) is 11.3 Å². The quantitative estimate of drug-likeness (QED) is 0.695. The maximum atomic E-state index is 11.2. The Morgan fingerprint density at radius 2 is 2.26 bits per heavy atom. The van der Waals surface area contributed by atoms with Crippen molar-refractivity contribution in [1.29, 1.82) is 0 Å². The number of hydrogen-bond acceptors (Lipinski definition) is 4. The fraction of sp³-hybridized carbons (Fsp3) is 0. The molecule has 3 aromatic rings. The number of fused-ring (bicyclic) bond motifs is 1. The normalized spacial score (nSPS) is 11.6. The molecule has 0 aliphatic carbocycles. The highest BCUT2D eigenvalue weighted by Crippen LogP contribution is 2.23. The van der Waals surface area contributed by atoms with Gasteiger partial charge in [-0.15, -0.1) is 11.3 Å². The molecule has 0 aromatic carbocycles. The van der Waals surface area contributed by atoms with Gasteiger partial charge in [0.2, 0.25) is 4.77 Å². The van der Waals surface area contributed by atoms with Crippen LogP contribution in [0.5, 0.6) is 0 Å². The third-order valence-electron chi connectivity index (χ3n) is 2.39. The fourth-order valence-corrected chi connectivity index (χ4v) is 3.17. The van der Waals surface area contributed by atoms with E-state index >= 15 is 0 Å². The van der Waals surface area contributed by atoms with E-state index in [4.69, 9.17) is 12.2 Å². The highest BCUT2D eigenvalue weighted by molar-refractivity contribution is 9.11. The first-order valence-electron chi connectivity index (χ1n) is 5.27. The first kappa shape index (κ1) is 12.5. The molecule has 0 aliphatic rings. The van der Waals surface area contributed by atoms with Crippen molar-refractivity contribution in [3.05, 3.63) is 47.8 Å². The summed E-state index contributed by atoms with van der Waals surface area (Å²) in [4.78, 5) is 19.6. The van der Waals surface area contributed by atoms with E-state index in [9.17, 15) is 4.79 Å². The molecule has 0 radical (unpaired) electrons. The topological polar surface area (TPSA) is 65.9 Å². The van der Waals surface area contributed by atoms with Gasteiger partial charge in [0, 0.05) is 10.9 Å². The van der Waals surface area contributed by atoms with Gasteiger partial charge in [0.1, 0.15) is 11.5 Å². The van der Waals surface area contributed by atoms with E-state index < -0.39 is 0 Å². The zero-order valence-corrected chi connectivity index (χ0v) is 12.6. The summed E-state index contributed by atoms with van der Waals surface area (Å²) in [6.07, 6.45) is 3.76. The van der Waals surface area contributed by atoms with Crippen LogP contribution in [0.1, 0.15) is 10.7 Å². The number of aromatic nitrogens is 4. The van der Waals surface area contributed by atoms with Gasteiger partial charge in [-0.25, -0.2) is 9.50 Å². The molecule has 19 heavy (non-hydrogen) atoms. The largest absolute Gasteiger partial charge is 0.325 e. The first-order valence-corrected chi connectivity index (χ1v) is 7.29. The van der Waals surface area contributed by atoms with Gasteiger partial charge in [0.25, 0.3) is 5.56 Å². The molecule has 3 rings (SSSR count). The molecule has 5 nitrogen and oxygen atoms in total. The monoisotopic (exact) mass is 354 g/mol. The number of H-pyrrole nitrogens is 2. The minimum atomic E-state index is -0.215. The minimum absolute atomic E-state index is 0.215. The molecule has 0 aliphatic heterocycles. The second kappa shape index (κ2) is 4.87. The fourth-order valence-electron chi connectivity index (χ4n) is 1.60. The van der Waals surface area contributed by atoms with E-state index in [1.807, 2.05) is 24.3 Å². The number of hydrogen-bond donors (Lipinski definition) is 2. The number of halogens is 1. The lowest BCUT2D eigenvalue weighted by atomic mass is 10.4. The van der Waals surface area contributed by atoms with Gasteiger partial charge in [-0.3, -0.25) is 9.89 Å². The van der Waals surface area contributed by atoms with Crippen LogP contribution in [0.25, 0.3) is 17.8 Å². The lowest BCUT2D eigenvalue weighted by molar-refractivity contribution is 0.854. The molecule has 0 unspecified atom stereocenters. The molecule has 0 bridgehead atoms. The van der Waals surface area contributed by atoms with Crippen molar-refractivity contribution in [1.82, 2.24) is 19.6 Å². The maximum absolute atomic E-state index is 11.2. The SMILES string of the molecule is O=c1cc2[nH]c(/C=C/c3ccc(Br)s3)nc(=S)n2[nH]1. The molecular formula is C11H7BrN4OS2. The summed E-state index contributed by atoms with van der Waals surface area (Å²) in [7, 11) is 0. The second-order valence-corrected chi connectivity index (χ2v) is 6.58. The summed E-state index contributed by atoms with van der Waals surface area (Å²) in [6, 6.07) is 5.42. The van der Waals surface area contributed by atoms with Crippen molar-refractivity contribution in [2.75, 3.05) is 0 Å². The maximum Gasteiger partial charge on any atom is 0.266 e. The average Bonchev–Trinajstić information content (AvgIpc) is 2.92. The van der Waals surface area contributed by atoms with Crippen LogP contribution in [0.3, 0.4) is 0 Å². The summed E-state index contributed by atoms with van der Waals surface area (Å²) in [5, 5.41) is 2.57. The smallest absolute Gasteiger partial charge is 0.266 e. The summed E-state index contributed by atoms with van der Waals surface area (Å²) in [6.45, 7) is 0. The zero-order valence-electron chi connectivity index (χ0n) is 9.38. The van der Waals surface area contributed by atoms with Crippen molar-refractivity contribution in [2.45, 2.75) is 0 Å². The second-order valence-electron chi connectivity index (χ2n) is 3.72. The Morgan fingerprint density at radius 1 is 1.42 bits per heavy atom. The van der Waals surface area contributed by atoms with Crippen molar-refractivity contribution in [3.63, 3.8) is 0 Å². The molecule has 0 amide bonds. The first-order chi connectivity index (χ1) is 9.11. The Bertz CT molecular complexity index is 886. The molecule has 8 heteroatoms. The molecule has 0 fully saturated rings. The summed E-state index contributed by atoms with van der Waals surface area (Å²) in [5.41, 5.74) is 0.379. The molecule has 0 spiro atoms. The van der Waals surface area contributed by atoms with Gasteiger partial charge in [-0.2, -0.15) is 0 Å². The van der Waals surface area contributed by atoms with E-state index in [-0.39, 0.29) is 5.56 Å². The Morgan fingerprint density at radius 3 is 3.00 bits per heavy atom. The molecule has 2 N–H and O–H groups in total. The third kappa shape index (κ3) is 2.60. The van der Waals surface area contributed by atoms with Crippen molar-refractivity contribution >= 4 is 57.3 Å². The third-order valence-corrected chi connectivity index (χ3v) is 4.26. The van der Waals surface area contributed by atoms with Crippen LogP contribution < -0.4 is 5.56 Å². The lowest BCUT2D eigenvalue weighted by Crippen LogP contribution is -2.01. The minimum Gasteiger partial charge on any atom is -0.325 e. The van der Waals surface area contributed by atoms with E-state index in [1.165, 1.54) is 10.6 Å². The van der Waals surface area contributed by atoms with Crippen LogP contribution >= 0.6 is 39.5 Å². The van der Waals surface area contributed by atoms with Gasteiger partial charge >= 0.3 is 0 Å². The van der Waals surface area contributed by atoms with Crippen LogP contribution in [-0.2, 0) is 0 Å². The van der Waals surface area contributed by atoms with Crippen LogP contribution in [0, 0.1) is 4.77 Å².